The largest absolute Gasteiger partial charge is 0.489 e. The van der Waals surface area contributed by atoms with Gasteiger partial charge in [-0.15, -0.1) is 0 Å². The molecule has 1 aromatic carbocycles. The molecule has 0 aliphatic carbocycles. The van der Waals surface area contributed by atoms with Crippen LogP contribution in [0.3, 0.4) is 0 Å². The zero-order chi connectivity index (χ0) is 15.2. The molecule has 6 nitrogen and oxygen atoms in total. The van der Waals surface area contributed by atoms with E-state index in [1.54, 1.807) is 6.20 Å². The van der Waals surface area contributed by atoms with Crippen molar-refractivity contribution in [1.82, 2.24) is 0 Å². The number of benzene rings is 1. The van der Waals surface area contributed by atoms with Gasteiger partial charge in [-0.1, -0.05) is 12.6 Å². The number of anilines is 1. The van der Waals surface area contributed by atoms with Crippen molar-refractivity contribution in [2.45, 2.75) is 6.54 Å². The van der Waals surface area contributed by atoms with Gasteiger partial charge in [0.25, 0.3) is 0 Å². The van der Waals surface area contributed by atoms with Gasteiger partial charge in [-0.2, -0.15) is 0 Å². The summed E-state index contributed by atoms with van der Waals surface area (Å²) in [6, 6.07) is 5.78. The predicted molar refractivity (Wildman–Crippen MR) is 81.7 cm³/mol. The Bertz CT molecular complexity index is 373. The number of hydrogen-bond donors (Lipinski definition) is 4. The van der Waals surface area contributed by atoms with Crippen LogP contribution in [0.5, 0.6) is 5.75 Å². The van der Waals surface area contributed by atoms with E-state index in [2.05, 4.69) is 11.9 Å². The molecule has 1 rings (SSSR count). The summed E-state index contributed by atoms with van der Waals surface area (Å²) >= 11 is 0. The van der Waals surface area contributed by atoms with E-state index in [0.717, 1.165) is 24.1 Å². The molecule has 0 heterocycles. The van der Waals surface area contributed by atoms with Crippen LogP contribution >= 0.6 is 0 Å². The lowest BCUT2D eigenvalue weighted by Gasteiger charge is -2.12. The van der Waals surface area contributed by atoms with Crippen molar-refractivity contribution in [2.75, 3.05) is 38.8 Å². The summed E-state index contributed by atoms with van der Waals surface area (Å²) in [5.74, 6) is 0.745. The topological polar surface area (TPSA) is 103 Å². The Hall–Kier alpha value is -1.60. The van der Waals surface area contributed by atoms with E-state index in [1.165, 1.54) is 0 Å². The fourth-order valence-electron chi connectivity index (χ4n) is 1.44. The maximum atomic E-state index is 7.00. The first-order valence-corrected chi connectivity index (χ1v) is 6.37. The SMILES string of the molecule is C=CNc1ccc(CN)cc1OCCOCCN.CO. The van der Waals surface area contributed by atoms with Crippen molar-refractivity contribution in [3.63, 3.8) is 0 Å². The van der Waals surface area contributed by atoms with Crippen LogP contribution in [0.25, 0.3) is 0 Å². The molecule has 0 aromatic heterocycles. The fraction of sp³-hybridized carbons (Fsp3) is 0.429. The third-order valence-corrected chi connectivity index (χ3v) is 2.29. The first-order valence-electron chi connectivity index (χ1n) is 6.37. The Morgan fingerprint density at radius 1 is 1.25 bits per heavy atom. The Labute approximate surface area is 120 Å². The standard InChI is InChI=1S/C13H21N3O2.CH4O/c1-2-16-12-4-3-11(10-15)9-13(12)18-8-7-17-6-5-14;1-2/h2-4,9,16H,1,5-8,10,14-15H2;2H,1H3. The van der Waals surface area contributed by atoms with Gasteiger partial charge in [0.15, 0.2) is 0 Å². The van der Waals surface area contributed by atoms with Gasteiger partial charge in [0.1, 0.15) is 12.4 Å². The van der Waals surface area contributed by atoms with Gasteiger partial charge in [-0.05, 0) is 23.9 Å². The Balaban J connectivity index is 0.00000172. The molecule has 0 amide bonds. The summed E-state index contributed by atoms with van der Waals surface area (Å²) in [6.07, 6.45) is 1.61. The number of aliphatic hydroxyl groups excluding tert-OH is 1. The third kappa shape index (κ3) is 7.10. The van der Waals surface area contributed by atoms with Crippen molar-refractivity contribution in [2.24, 2.45) is 11.5 Å². The molecule has 6 N–H and O–H groups in total. The first-order chi connectivity index (χ1) is 9.81. The minimum Gasteiger partial charge on any atom is -0.489 e. The van der Waals surface area contributed by atoms with Gasteiger partial charge in [0.05, 0.1) is 18.9 Å². The molecule has 0 unspecified atom stereocenters. The van der Waals surface area contributed by atoms with Gasteiger partial charge in [-0.25, -0.2) is 0 Å². The molecule has 0 radical (unpaired) electrons. The molecule has 6 heteroatoms. The van der Waals surface area contributed by atoms with E-state index >= 15 is 0 Å². The van der Waals surface area contributed by atoms with Gasteiger partial charge < -0.3 is 31.4 Å². The van der Waals surface area contributed by atoms with E-state index in [0.29, 0.717) is 32.9 Å². The molecular weight excluding hydrogens is 258 g/mol. The second kappa shape index (κ2) is 12.4. The average molecular weight is 283 g/mol. The zero-order valence-corrected chi connectivity index (χ0v) is 12.0. The molecule has 0 saturated carbocycles. The highest BCUT2D eigenvalue weighted by molar-refractivity contribution is 5.59. The number of ether oxygens (including phenoxy) is 2. The maximum absolute atomic E-state index is 7.00. The second-order valence-corrected chi connectivity index (χ2v) is 3.63. The highest BCUT2D eigenvalue weighted by Gasteiger charge is 2.03. The molecule has 0 fully saturated rings. The number of aliphatic hydroxyl groups is 1. The summed E-state index contributed by atoms with van der Waals surface area (Å²) in [6.45, 7) is 6.16. The lowest BCUT2D eigenvalue weighted by molar-refractivity contribution is 0.106. The Kier molecular flexibility index (Phi) is 11.4. The highest BCUT2D eigenvalue weighted by Crippen LogP contribution is 2.25. The zero-order valence-electron chi connectivity index (χ0n) is 12.0. The predicted octanol–water partition coefficient (Wildman–Crippen LogP) is 0.663. The van der Waals surface area contributed by atoms with Gasteiger partial charge in [0, 0.05) is 20.2 Å². The molecular formula is C14H25N3O3. The smallest absolute Gasteiger partial charge is 0.143 e. The first kappa shape index (κ1) is 18.4. The van der Waals surface area contributed by atoms with E-state index in [4.69, 9.17) is 26.0 Å². The number of hydrogen-bond acceptors (Lipinski definition) is 6. The van der Waals surface area contributed by atoms with Crippen LogP contribution in [-0.2, 0) is 11.3 Å². The van der Waals surface area contributed by atoms with Gasteiger partial charge in [0.2, 0.25) is 0 Å². The summed E-state index contributed by atoms with van der Waals surface area (Å²) < 4.78 is 10.9. The van der Waals surface area contributed by atoms with Crippen molar-refractivity contribution < 1.29 is 14.6 Å². The minimum absolute atomic E-state index is 0.472. The van der Waals surface area contributed by atoms with Crippen LogP contribution in [0.2, 0.25) is 0 Å². The number of nitrogens with two attached hydrogens (primary N) is 2. The minimum atomic E-state index is 0.472. The van der Waals surface area contributed by atoms with Crippen molar-refractivity contribution in [3.05, 3.63) is 36.5 Å². The molecule has 0 aliphatic rings. The van der Waals surface area contributed by atoms with E-state index in [9.17, 15) is 0 Å². The van der Waals surface area contributed by atoms with Crippen LogP contribution in [-0.4, -0.2) is 38.6 Å². The Morgan fingerprint density at radius 2 is 2.00 bits per heavy atom. The van der Waals surface area contributed by atoms with Crippen LogP contribution in [0.1, 0.15) is 5.56 Å². The van der Waals surface area contributed by atoms with Crippen molar-refractivity contribution >= 4 is 5.69 Å². The fourth-order valence-corrected chi connectivity index (χ4v) is 1.44. The monoisotopic (exact) mass is 283 g/mol. The third-order valence-electron chi connectivity index (χ3n) is 2.29. The summed E-state index contributed by atoms with van der Waals surface area (Å²) in [5.41, 5.74) is 12.8. The lowest BCUT2D eigenvalue weighted by atomic mass is 10.2. The van der Waals surface area contributed by atoms with Gasteiger partial charge >= 0.3 is 0 Å². The molecule has 1 aromatic rings. The number of rotatable bonds is 9. The van der Waals surface area contributed by atoms with E-state index < -0.39 is 0 Å². The van der Waals surface area contributed by atoms with Crippen LogP contribution in [0, 0.1) is 0 Å². The van der Waals surface area contributed by atoms with Crippen molar-refractivity contribution in [3.8, 4) is 5.75 Å². The number of nitrogens with one attached hydrogen (secondary N) is 1. The molecule has 0 aliphatic heterocycles. The quantitative estimate of drug-likeness (QED) is 0.497. The van der Waals surface area contributed by atoms with E-state index in [-0.39, 0.29) is 0 Å². The molecule has 0 atom stereocenters. The Morgan fingerprint density at radius 3 is 2.60 bits per heavy atom. The molecule has 0 saturated heterocycles. The average Bonchev–Trinajstić information content (AvgIpc) is 2.50. The van der Waals surface area contributed by atoms with Crippen molar-refractivity contribution in [1.29, 1.82) is 0 Å². The normalized spacial score (nSPS) is 9.40. The molecule has 0 spiro atoms. The second-order valence-electron chi connectivity index (χ2n) is 3.63. The molecule has 20 heavy (non-hydrogen) atoms. The van der Waals surface area contributed by atoms with Crippen LogP contribution < -0.4 is 21.5 Å². The molecule has 114 valence electrons. The lowest BCUT2D eigenvalue weighted by Crippen LogP contribution is -2.13. The van der Waals surface area contributed by atoms with E-state index in [1.807, 2.05) is 18.2 Å². The summed E-state index contributed by atoms with van der Waals surface area (Å²) in [4.78, 5) is 0. The highest BCUT2D eigenvalue weighted by atomic mass is 16.5. The van der Waals surface area contributed by atoms with Crippen LogP contribution in [0.4, 0.5) is 5.69 Å². The summed E-state index contributed by atoms with van der Waals surface area (Å²) in [5, 5.41) is 10.0. The maximum Gasteiger partial charge on any atom is 0.143 e. The molecule has 0 bridgehead atoms. The summed E-state index contributed by atoms with van der Waals surface area (Å²) in [7, 11) is 1.00. The van der Waals surface area contributed by atoms with Crippen LogP contribution in [0.15, 0.2) is 31.0 Å². The van der Waals surface area contributed by atoms with Gasteiger partial charge in [-0.3, -0.25) is 0 Å².